The van der Waals surface area contributed by atoms with Crippen LogP contribution >= 0.6 is 23.4 Å². The van der Waals surface area contributed by atoms with Crippen molar-refractivity contribution >= 4 is 29.3 Å². The number of aryl methyl sites for hydroxylation is 1. The number of methoxy groups -OCH3 is 1. The fourth-order valence-electron chi connectivity index (χ4n) is 2.60. The van der Waals surface area contributed by atoms with E-state index in [1.165, 1.54) is 17.3 Å². The van der Waals surface area contributed by atoms with Crippen molar-refractivity contribution in [3.05, 3.63) is 59.1 Å². The lowest BCUT2D eigenvalue weighted by molar-refractivity contribution is -0.118. The predicted octanol–water partition coefficient (Wildman–Crippen LogP) is 4.56. The Morgan fingerprint density at radius 1 is 1.14 bits per heavy atom. The lowest BCUT2D eigenvalue weighted by Crippen LogP contribution is -2.28. The van der Waals surface area contributed by atoms with Gasteiger partial charge < -0.3 is 15.0 Å². The third-order valence-electron chi connectivity index (χ3n) is 4.10. The number of amides is 1. The van der Waals surface area contributed by atoms with Crippen molar-refractivity contribution in [3.63, 3.8) is 0 Å². The molecule has 0 aliphatic heterocycles. The van der Waals surface area contributed by atoms with Gasteiger partial charge >= 0.3 is 0 Å². The van der Waals surface area contributed by atoms with Crippen LogP contribution in [0, 0.1) is 6.92 Å². The number of nitrogens with one attached hydrogen (secondary N) is 2. The van der Waals surface area contributed by atoms with E-state index < -0.39 is 0 Å². The summed E-state index contributed by atoms with van der Waals surface area (Å²) in [5.74, 6) is 0.999. The second-order valence-electron chi connectivity index (χ2n) is 6.27. The van der Waals surface area contributed by atoms with Gasteiger partial charge in [-0.2, -0.15) is 0 Å². The molecular formula is C21H22ClN3O2S. The Labute approximate surface area is 173 Å². The molecule has 0 atom stereocenters. The van der Waals surface area contributed by atoms with Crippen molar-refractivity contribution in [3.8, 4) is 22.6 Å². The molecule has 1 heterocycles. The number of rotatable bonds is 8. The van der Waals surface area contributed by atoms with E-state index in [2.05, 4.69) is 29.4 Å². The van der Waals surface area contributed by atoms with Gasteiger partial charge in [-0.15, -0.1) is 0 Å². The molecule has 0 saturated heterocycles. The van der Waals surface area contributed by atoms with Gasteiger partial charge in [0.05, 0.1) is 18.1 Å². The molecule has 0 saturated carbocycles. The number of ether oxygens (including phenoxy) is 1. The normalized spacial score (nSPS) is 10.8. The molecule has 5 nitrogen and oxygen atoms in total. The first-order valence-electron chi connectivity index (χ1n) is 8.88. The molecule has 2 aromatic carbocycles. The molecule has 0 radical (unpaired) electrons. The first-order chi connectivity index (χ1) is 13.6. The minimum absolute atomic E-state index is 0.0519. The summed E-state index contributed by atoms with van der Waals surface area (Å²) < 4.78 is 4.95. The zero-order valence-corrected chi connectivity index (χ0v) is 17.4. The van der Waals surface area contributed by atoms with Crippen LogP contribution in [-0.4, -0.2) is 41.9 Å². The van der Waals surface area contributed by atoms with Crippen LogP contribution in [0.4, 0.5) is 0 Å². The Hall–Kier alpha value is -2.28. The van der Waals surface area contributed by atoms with Crippen molar-refractivity contribution in [2.45, 2.75) is 11.9 Å². The van der Waals surface area contributed by atoms with Gasteiger partial charge in [0.25, 0.3) is 0 Å². The van der Waals surface area contributed by atoms with Crippen LogP contribution in [0.25, 0.3) is 22.6 Å². The van der Waals surface area contributed by atoms with E-state index in [0.717, 1.165) is 27.7 Å². The molecule has 28 heavy (non-hydrogen) atoms. The Balaban J connectivity index is 1.84. The second kappa shape index (κ2) is 9.78. The fraction of sp³-hybridized carbons (Fsp3) is 0.238. The minimum atomic E-state index is -0.0519. The monoisotopic (exact) mass is 415 g/mol. The molecule has 0 fully saturated rings. The summed E-state index contributed by atoms with van der Waals surface area (Å²) in [6.07, 6.45) is 0. The second-order valence-corrected chi connectivity index (χ2v) is 7.67. The molecule has 146 valence electrons. The summed E-state index contributed by atoms with van der Waals surface area (Å²) in [7, 11) is 1.61. The number of H-pyrrole nitrogens is 1. The average molecular weight is 416 g/mol. The van der Waals surface area contributed by atoms with Crippen LogP contribution in [0.5, 0.6) is 0 Å². The van der Waals surface area contributed by atoms with Gasteiger partial charge in [-0.05, 0) is 19.1 Å². The number of imidazole rings is 1. The van der Waals surface area contributed by atoms with Gasteiger partial charge in [0.1, 0.15) is 10.9 Å². The number of carbonyl (C=O) groups excluding carboxylic acids is 1. The number of nitrogens with zero attached hydrogens (tertiary/aromatic N) is 1. The van der Waals surface area contributed by atoms with Crippen LogP contribution < -0.4 is 5.32 Å². The summed E-state index contributed by atoms with van der Waals surface area (Å²) in [5.41, 5.74) is 4.03. The molecule has 3 rings (SSSR count). The van der Waals surface area contributed by atoms with E-state index in [-0.39, 0.29) is 11.7 Å². The summed E-state index contributed by atoms with van der Waals surface area (Å²) in [4.78, 5) is 20.2. The Morgan fingerprint density at radius 3 is 2.50 bits per heavy atom. The Morgan fingerprint density at radius 2 is 1.82 bits per heavy atom. The number of hydrogen-bond acceptors (Lipinski definition) is 4. The molecule has 7 heteroatoms. The lowest BCUT2D eigenvalue weighted by Gasteiger charge is -2.05. The molecule has 0 aliphatic carbocycles. The van der Waals surface area contributed by atoms with Gasteiger partial charge in [0, 0.05) is 29.8 Å². The van der Waals surface area contributed by atoms with Crippen molar-refractivity contribution in [1.82, 2.24) is 15.3 Å². The van der Waals surface area contributed by atoms with Crippen molar-refractivity contribution in [2.75, 3.05) is 26.0 Å². The SMILES string of the molecule is COCCNC(=O)CSc1nc(-c2ccc(C)cc2)[nH]c1-c1ccc(Cl)cc1. The number of thioether (sulfide) groups is 1. The number of benzene rings is 2. The number of aromatic nitrogens is 2. The zero-order valence-electron chi connectivity index (χ0n) is 15.8. The van der Waals surface area contributed by atoms with Crippen molar-refractivity contribution in [2.24, 2.45) is 0 Å². The third-order valence-corrected chi connectivity index (χ3v) is 5.32. The maximum atomic E-state index is 12.1. The number of hydrogen-bond donors (Lipinski definition) is 2. The first-order valence-corrected chi connectivity index (χ1v) is 10.2. The quantitative estimate of drug-likeness (QED) is 0.418. The van der Waals surface area contributed by atoms with Crippen LogP contribution in [0.1, 0.15) is 5.56 Å². The van der Waals surface area contributed by atoms with E-state index in [1.54, 1.807) is 7.11 Å². The number of carbonyl (C=O) groups is 1. The smallest absolute Gasteiger partial charge is 0.230 e. The van der Waals surface area contributed by atoms with Gasteiger partial charge in [-0.25, -0.2) is 4.98 Å². The van der Waals surface area contributed by atoms with Gasteiger partial charge in [0.15, 0.2) is 0 Å². The summed E-state index contributed by atoms with van der Waals surface area (Å²) >= 11 is 7.43. The topological polar surface area (TPSA) is 67.0 Å². The molecular weight excluding hydrogens is 394 g/mol. The van der Waals surface area contributed by atoms with Crippen LogP contribution in [0.15, 0.2) is 53.6 Å². The number of aromatic amines is 1. The molecule has 0 unspecified atom stereocenters. The van der Waals surface area contributed by atoms with E-state index in [9.17, 15) is 4.79 Å². The molecule has 0 bridgehead atoms. The highest BCUT2D eigenvalue weighted by molar-refractivity contribution is 8.00. The highest BCUT2D eigenvalue weighted by Gasteiger charge is 2.15. The highest BCUT2D eigenvalue weighted by Crippen LogP contribution is 2.33. The summed E-state index contributed by atoms with van der Waals surface area (Å²) in [6.45, 7) is 3.04. The molecule has 2 N–H and O–H groups in total. The molecule has 0 spiro atoms. The fourth-order valence-corrected chi connectivity index (χ4v) is 3.56. The summed E-state index contributed by atoms with van der Waals surface area (Å²) in [6, 6.07) is 15.7. The van der Waals surface area contributed by atoms with E-state index in [1.807, 2.05) is 36.4 Å². The van der Waals surface area contributed by atoms with Gasteiger partial charge in [-0.3, -0.25) is 4.79 Å². The maximum absolute atomic E-state index is 12.1. The maximum Gasteiger partial charge on any atom is 0.230 e. The van der Waals surface area contributed by atoms with E-state index in [4.69, 9.17) is 21.3 Å². The largest absolute Gasteiger partial charge is 0.383 e. The van der Waals surface area contributed by atoms with Gasteiger partial charge in [0.2, 0.25) is 5.91 Å². The Bertz CT molecular complexity index is 924. The Kier molecular flexibility index (Phi) is 7.14. The average Bonchev–Trinajstić information content (AvgIpc) is 3.12. The minimum Gasteiger partial charge on any atom is -0.383 e. The highest BCUT2D eigenvalue weighted by atomic mass is 35.5. The zero-order chi connectivity index (χ0) is 19.9. The van der Waals surface area contributed by atoms with Gasteiger partial charge in [-0.1, -0.05) is 65.3 Å². The summed E-state index contributed by atoms with van der Waals surface area (Å²) in [5, 5.41) is 4.28. The molecule has 3 aromatic rings. The van der Waals surface area contributed by atoms with Crippen LogP contribution in [-0.2, 0) is 9.53 Å². The predicted molar refractivity (Wildman–Crippen MR) is 115 cm³/mol. The number of halogens is 1. The molecule has 1 aromatic heterocycles. The van der Waals surface area contributed by atoms with Crippen molar-refractivity contribution < 1.29 is 9.53 Å². The van der Waals surface area contributed by atoms with Crippen LogP contribution in [0.3, 0.4) is 0 Å². The third kappa shape index (κ3) is 5.38. The van der Waals surface area contributed by atoms with Crippen LogP contribution in [0.2, 0.25) is 5.02 Å². The molecule has 0 aliphatic rings. The van der Waals surface area contributed by atoms with Crippen molar-refractivity contribution in [1.29, 1.82) is 0 Å². The van der Waals surface area contributed by atoms with E-state index >= 15 is 0 Å². The first kappa shape index (κ1) is 20.5. The standard InChI is InChI=1S/C21H22ClN3O2S/c1-14-3-5-16(6-4-14)20-24-19(15-7-9-17(22)10-8-15)21(25-20)28-13-18(26)23-11-12-27-2/h3-10H,11-13H2,1-2H3,(H,23,26)(H,24,25). The molecule has 1 amide bonds. The van der Waals surface area contributed by atoms with E-state index in [0.29, 0.717) is 18.2 Å². The lowest BCUT2D eigenvalue weighted by atomic mass is 10.1.